The molecule has 0 unspecified atom stereocenters. The lowest BCUT2D eigenvalue weighted by Gasteiger charge is -2.16. The van der Waals surface area contributed by atoms with Gasteiger partial charge in [0.2, 0.25) is 0 Å². The van der Waals surface area contributed by atoms with Crippen LogP contribution in [-0.2, 0) is 0 Å². The molecule has 14 rings (SSSR count). The summed E-state index contributed by atoms with van der Waals surface area (Å²) < 4.78 is 6.97. The van der Waals surface area contributed by atoms with E-state index in [0.29, 0.717) is 16.8 Å². The lowest BCUT2D eigenvalue weighted by atomic mass is 9.98. The molecule has 6 heteroatoms. The summed E-state index contributed by atoms with van der Waals surface area (Å²) in [6.45, 7) is 2.12. The first-order valence-electron chi connectivity index (χ1n) is 23.3. The molecule has 0 atom stereocenters. The summed E-state index contributed by atoms with van der Waals surface area (Å²) >= 11 is 0. The summed E-state index contributed by atoms with van der Waals surface area (Å²) in [5, 5.41) is 7.00. The van der Waals surface area contributed by atoms with Gasteiger partial charge in [-0.15, -0.1) is 0 Å². The minimum Gasteiger partial charge on any atom is -0.309 e. The van der Waals surface area contributed by atoms with E-state index in [-0.39, 0.29) is 11.8 Å². The van der Waals surface area contributed by atoms with Crippen molar-refractivity contribution in [3.05, 3.63) is 241 Å². The fraction of sp³-hybridized carbons (Fsp3) is 0.0159. The summed E-state index contributed by atoms with van der Waals surface area (Å²) in [5.41, 5.74) is 16.9. The molecule has 0 aliphatic carbocycles. The molecule has 0 fully saturated rings. The topological polar surface area (TPSA) is 52.2 Å². The summed E-state index contributed by atoms with van der Waals surface area (Å²) in [5.74, 6) is -0.626. The maximum Gasteiger partial charge on any atom is 0.266 e. The molecule has 69 heavy (non-hydrogen) atoms. The second kappa shape index (κ2) is 14.9. The minimum atomic E-state index is -0.313. The zero-order valence-electron chi connectivity index (χ0n) is 37.5. The van der Waals surface area contributed by atoms with E-state index in [2.05, 4.69) is 203 Å². The van der Waals surface area contributed by atoms with Crippen LogP contribution in [0.15, 0.2) is 224 Å². The number of nitrogens with zero attached hydrogens (tertiary/aromatic N) is 4. The van der Waals surface area contributed by atoms with Crippen molar-refractivity contribution < 1.29 is 9.59 Å². The molecule has 0 radical (unpaired) electrons. The molecule has 6 nitrogen and oxygen atoms in total. The first kappa shape index (κ1) is 39.0. The van der Waals surface area contributed by atoms with Gasteiger partial charge in [0.05, 0.1) is 49.9 Å². The number of amides is 2. The third kappa shape index (κ3) is 5.85. The summed E-state index contributed by atoms with van der Waals surface area (Å²) in [6.07, 6.45) is 0. The lowest BCUT2D eigenvalue weighted by molar-refractivity contribution is 0.0926. The van der Waals surface area contributed by atoms with Crippen LogP contribution in [0.2, 0.25) is 0 Å². The highest BCUT2D eigenvalue weighted by atomic mass is 16.2. The number of hydrogen-bond acceptors (Lipinski definition) is 2. The zero-order chi connectivity index (χ0) is 45.9. The fourth-order valence-corrected chi connectivity index (χ4v) is 11.0. The molecule has 13 aromatic rings. The molecule has 10 aromatic carbocycles. The van der Waals surface area contributed by atoms with Gasteiger partial charge in [0, 0.05) is 49.4 Å². The highest BCUT2D eigenvalue weighted by Gasteiger charge is 2.36. The van der Waals surface area contributed by atoms with E-state index in [1.165, 1.54) is 43.0 Å². The number of carbonyl (C=O) groups is 2. The molecule has 3 aromatic heterocycles. The summed E-state index contributed by atoms with van der Waals surface area (Å²) in [6, 6.07) is 78.5. The maximum atomic E-state index is 13.7. The van der Waals surface area contributed by atoms with Crippen molar-refractivity contribution in [2.45, 2.75) is 6.92 Å². The van der Waals surface area contributed by atoms with Gasteiger partial charge in [-0.05, 0) is 144 Å². The zero-order valence-corrected chi connectivity index (χ0v) is 37.5. The van der Waals surface area contributed by atoms with Gasteiger partial charge in [0.15, 0.2) is 0 Å². The van der Waals surface area contributed by atoms with Crippen molar-refractivity contribution in [3.8, 4) is 39.3 Å². The Kier molecular flexibility index (Phi) is 8.40. The van der Waals surface area contributed by atoms with Crippen molar-refractivity contribution in [2.24, 2.45) is 0 Å². The summed E-state index contributed by atoms with van der Waals surface area (Å²) in [4.78, 5) is 28.8. The van der Waals surface area contributed by atoms with E-state index in [1.807, 2.05) is 18.2 Å². The van der Waals surface area contributed by atoms with Crippen molar-refractivity contribution >= 4 is 82.9 Å². The third-order valence-electron chi connectivity index (χ3n) is 14.2. The van der Waals surface area contributed by atoms with Crippen LogP contribution < -0.4 is 4.90 Å². The number of carbonyl (C=O) groups excluding carboxylic acids is 2. The largest absolute Gasteiger partial charge is 0.309 e. The number of fused-ring (bicyclic) bond motifs is 10. The van der Waals surface area contributed by atoms with E-state index >= 15 is 0 Å². The van der Waals surface area contributed by atoms with Crippen LogP contribution in [0.3, 0.4) is 0 Å². The molecule has 2 amide bonds. The highest BCUT2D eigenvalue weighted by Crippen LogP contribution is 2.42. The second-order valence-corrected chi connectivity index (χ2v) is 18.2. The van der Waals surface area contributed by atoms with Crippen molar-refractivity contribution in [1.29, 1.82) is 0 Å². The van der Waals surface area contributed by atoms with Gasteiger partial charge in [0.1, 0.15) is 0 Å². The number of anilines is 1. The SMILES string of the molecule is Cc1ccc(-n2c3ccccc3c3cc(-c4ccc5c(c4)c4cc(-c6ccc7c(c6)c6ccccc6n7-c6ccccc6)ccc4n5-c4cccc(N5C(=O)c6ccccc6C5=O)c4)ccc32)cc1. The molecule has 0 spiro atoms. The first-order chi connectivity index (χ1) is 34.0. The van der Waals surface area contributed by atoms with Crippen LogP contribution in [0.1, 0.15) is 26.3 Å². The number of aromatic nitrogens is 3. The molecule has 324 valence electrons. The molecule has 1 aliphatic rings. The van der Waals surface area contributed by atoms with Gasteiger partial charge < -0.3 is 13.7 Å². The summed E-state index contributed by atoms with van der Waals surface area (Å²) in [7, 11) is 0. The molecule has 0 saturated heterocycles. The van der Waals surface area contributed by atoms with Gasteiger partial charge in [-0.3, -0.25) is 9.59 Å². The van der Waals surface area contributed by atoms with Crippen molar-refractivity contribution in [2.75, 3.05) is 4.90 Å². The molecular weight excluding hydrogens is 845 g/mol. The Morgan fingerprint density at radius 1 is 0.275 bits per heavy atom. The van der Waals surface area contributed by atoms with Crippen LogP contribution in [-0.4, -0.2) is 25.5 Å². The van der Waals surface area contributed by atoms with Crippen molar-refractivity contribution in [3.63, 3.8) is 0 Å². The van der Waals surface area contributed by atoms with E-state index in [1.54, 1.807) is 24.3 Å². The van der Waals surface area contributed by atoms with E-state index in [9.17, 15) is 9.59 Å². The van der Waals surface area contributed by atoms with Gasteiger partial charge in [-0.1, -0.05) is 115 Å². The molecule has 1 aliphatic heterocycles. The van der Waals surface area contributed by atoms with Gasteiger partial charge in [0.25, 0.3) is 11.8 Å². The van der Waals surface area contributed by atoms with Crippen LogP contribution in [0, 0.1) is 6.92 Å². The molecule has 0 N–H and O–H groups in total. The predicted octanol–water partition coefficient (Wildman–Crippen LogP) is 15.4. The Balaban J connectivity index is 0.959. The smallest absolute Gasteiger partial charge is 0.266 e. The number of imide groups is 1. The van der Waals surface area contributed by atoms with Crippen LogP contribution in [0.4, 0.5) is 5.69 Å². The number of hydrogen-bond donors (Lipinski definition) is 0. The normalized spacial score (nSPS) is 12.7. The Morgan fingerprint density at radius 2 is 0.638 bits per heavy atom. The highest BCUT2D eigenvalue weighted by molar-refractivity contribution is 6.34. The van der Waals surface area contributed by atoms with Crippen molar-refractivity contribution in [1.82, 2.24) is 13.7 Å². The Labute approximate surface area is 396 Å². The van der Waals surface area contributed by atoms with Crippen LogP contribution >= 0.6 is 0 Å². The van der Waals surface area contributed by atoms with E-state index in [4.69, 9.17) is 0 Å². The Bertz CT molecular complexity index is 4270. The predicted molar refractivity (Wildman–Crippen MR) is 283 cm³/mol. The average molecular weight is 885 g/mol. The standard InChI is InChI=1S/C63H40N4O2/c1-39-22-28-45(29-23-39)65-57-21-10-8-17-49(57)53-35-41(25-31-59(53)65)43-27-33-61-55(37-43)54-36-42(40-24-30-58-52(34-40)48-16-7-9-20-56(48)64(58)44-12-3-2-4-13-44)26-32-60(54)66(61)46-14-11-15-47(38-46)67-62(68)50-18-5-6-19-51(50)63(67)69/h2-38H,1H3. The van der Waals surface area contributed by atoms with E-state index < -0.39 is 0 Å². The molecule has 4 heterocycles. The Morgan fingerprint density at radius 3 is 1.13 bits per heavy atom. The van der Waals surface area contributed by atoms with Gasteiger partial charge >= 0.3 is 0 Å². The number of benzene rings is 10. The molecule has 0 bridgehead atoms. The average Bonchev–Trinajstić information content (AvgIpc) is 4.10. The number of rotatable bonds is 6. The van der Waals surface area contributed by atoms with Gasteiger partial charge in [-0.2, -0.15) is 0 Å². The van der Waals surface area contributed by atoms with Crippen LogP contribution in [0.5, 0.6) is 0 Å². The molecular formula is C63H40N4O2. The van der Waals surface area contributed by atoms with Crippen LogP contribution in [0.25, 0.3) is 105 Å². The maximum absolute atomic E-state index is 13.7. The van der Waals surface area contributed by atoms with E-state index in [0.717, 1.165) is 72.2 Å². The third-order valence-corrected chi connectivity index (χ3v) is 14.2. The fourth-order valence-electron chi connectivity index (χ4n) is 11.0. The number of para-hydroxylation sites is 3. The first-order valence-corrected chi connectivity index (χ1v) is 23.3. The number of aryl methyl sites for hydroxylation is 1. The lowest BCUT2D eigenvalue weighted by Crippen LogP contribution is -2.29. The second-order valence-electron chi connectivity index (χ2n) is 18.2. The minimum absolute atomic E-state index is 0.313. The van der Waals surface area contributed by atoms with Gasteiger partial charge in [-0.25, -0.2) is 4.90 Å². The molecule has 0 saturated carbocycles. The quantitative estimate of drug-likeness (QED) is 0.156. The monoisotopic (exact) mass is 884 g/mol. The Hall–Kier alpha value is -9.26.